The number of benzene rings is 1. The molecule has 0 bridgehead atoms. The van der Waals surface area contributed by atoms with E-state index < -0.39 is 37.2 Å². The smallest absolute Gasteiger partial charge is 0.300 e. The molecule has 0 spiro atoms. The molecule has 0 aliphatic heterocycles. The summed E-state index contributed by atoms with van der Waals surface area (Å²) in [5.74, 6) is -0.783. The van der Waals surface area contributed by atoms with Gasteiger partial charge in [0, 0.05) is 38.1 Å². The Hall–Kier alpha value is -2.36. The van der Waals surface area contributed by atoms with Gasteiger partial charge in [-0.25, -0.2) is 0 Å². The van der Waals surface area contributed by atoms with Crippen molar-refractivity contribution in [1.82, 2.24) is 4.90 Å². The first kappa shape index (κ1) is 25.7. The average molecular weight is 513 g/mol. The molecule has 15 heteroatoms. The molecule has 1 amide bonds. The fourth-order valence-corrected chi connectivity index (χ4v) is 3.34. The number of halogens is 1. The average Bonchev–Trinajstić information content (AvgIpc) is 2.64. The van der Waals surface area contributed by atoms with Gasteiger partial charge in [-0.15, -0.1) is 0 Å². The predicted octanol–water partition coefficient (Wildman–Crippen LogP) is 0.745. The summed E-state index contributed by atoms with van der Waals surface area (Å²) in [5, 5.41) is 32.3. The van der Waals surface area contributed by atoms with Crippen LogP contribution < -0.4 is 4.90 Å². The van der Waals surface area contributed by atoms with Gasteiger partial charge in [-0.05, 0) is 0 Å². The molecule has 0 atom stereocenters. The number of hydrogen-bond donors (Lipinski definition) is 1. The van der Waals surface area contributed by atoms with Gasteiger partial charge in [-0.1, -0.05) is 15.9 Å². The van der Waals surface area contributed by atoms with E-state index in [0.717, 1.165) is 23.3 Å². The van der Waals surface area contributed by atoms with Crippen molar-refractivity contribution in [1.29, 1.82) is 0 Å². The Kier molecular flexibility index (Phi) is 9.54. The van der Waals surface area contributed by atoms with E-state index in [-0.39, 0.29) is 44.1 Å². The Bertz CT molecular complexity index is 910. The molecule has 0 fully saturated rings. The minimum atomic E-state index is -3.77. The standard InChI is InChI=1S/C15H21BrN4O9S/c1-17(5-7-21)15(22)12-9-11(19(23)24)10-13(20(25)26)14(12)18(4-3-16)6-8-29-30(2,27)28/h9-10,21H,3-8H2,1-2H3. The minimum absolute atomic E-state index is 0.107. The van der Waals surface area contributed by atoms with Gasteiger partial charge in [0.1, 0.15) is 5.69 Å². The van der Waals surface area contributed by atoms with E-state index in [9.17, 15) is 33.4 Å². The molecule has 0 aromatic heterocycles. The highest BCUT2D eigenvalue weighted by Gasteiger charge is 2.32. The number of nitrogens with zero attached hydrogens (tertiary/aromatic N) is 4. The zero-order chi connectivity index (χ0) is 23.1. The first-order chi connectivity index (χ1) is 13.9. The molecule has 0 unspecified atom stereocenters. The number of alkyl halides is 1. The number of aliphatic hydroxyl groups is 1. The zero-order valence-corrected chi connectivity index (χ0v) is 18.6. The largest absolute Gasteiger partial charge is 0.395 e. The number of rotatable bonds is 12. The normalized spacial score (nSPS) is 11.2. The molecule has 30 heavy (non-hydrogen) atoms. The molecule has 1 N–H and O–H groups in total. The number of hydrogen-bond acceptors (Lipinski definition) is 10. The Balaban J connectivity index is 3.64. The van der Waals surface area contributed by atoms with Gasteiger partial charge in [0.25, 0.3) is 27.4 Å². The fraction of sp³-hybridized carbons (Fsp3) is 0.533. The van der Waals surface area contributed by atoms with E-state index in [2.05, 4.69) is 20.1 Å². The zero-order valence-electron chi connectivity index (χ0n) is 16.2. The van der Waals surface area contributed by atoms with Crippen molar-refractivity contribution < 1.29 is 32.3 Å². The number of nitro benzene ring substituents is 2. The maximum absolute atomic E-state index is 12.9. The fourth-order valence-electron chi connectivity index (χ4n) is 2.54. The van der Waals surface area contributed by atoms with Crippen LogP contribution in [0, 0.1) is 20.2 Å². The third-order valence-electron chi connectivity index (χ3n) is 3.82. The number of likely N-dealkylation sites (N-methyl/N-ethyl adjacent to an activating group) is 1. The van der Waals surface area contributed by atoms with Crippen molar-refractivity contribution in [2.75, 3.05) is 56.4 Å². The lowest BCUT2D eigenvalue weighted by molar-refractivity contribution is -0.393. The Morgan fingerprint density at radius 3 is 2.30 bits per heavy atom. The molecule has 1 rings (SSSR count). The van der Waals surface area contributed by atoms with Crippen LogP contribution in [0.15, 0.2) is 12.1 Å². The monoisotopic (exact) mass is 512 g/mol. The maximum atomic E-state index is 12.9. The SMILES string of the molecule is CN(CCO)C(=O)c1cc([N+](=O)[O-])cc([N+](=O)[O-])c1N(CCBr)CCOS(C)(=O)=O. The van der Waals surface area contributed by atoms with Crippen LogP contribution in [0.1, 0.15) is 10.4 Å². The lowest BCUT2D eigenvalue weighted by Crippen LogP contribution is -2.35. The van der Waals surface area contributed by atoms with E-state index in [1.54, 1.807) is 0 Å². The molecular formula is C15H21BrN4O9S. The van der Waals surface area contributed by atoms with Gasteiger partial charge >= 0.3 is 0 Å². The molecule has 0 radical (unpaired) electrons. The molecule has 168 valence electrons. The topological polar surface area (TPSA) is 173 Å². The van der Waals surface area contributed by atoms with Gasteiger partial charge < -0.3 is 14.9 Å². The lowest BCUT2D eigenvalue weighted by Gasteiger charge is -2.27. The van der Waals surface area contributed by atoms with Crippen LogP contribution >= 0.6 is 15.9 Å². The van der Waals surface area contributed by atoms with Crippen LogP contribution in [0.3, 0.4) is 0 Å². The first-order valence-corrected chi connectivity index (χ1v) is 11.3. The third kappa shape index (κ3) is 7.16. The second-order valence-corrected chi connectivity index (χ2v) is 8.46. The minimum Gasteiger partial charge on any atom is -0.395 e. The molecule has 1 aromatic rings. The van der Waals surface area contributed by atoms with Gasteiger partial charge in [0.2, 0.25) is 0 Å². The van der Waals surface area contributed by atoms with Crippen LogP contribution in [0.2, 0.25) is 0 Å². The molecule has 0 saturated carbocycles. The Morgan fingerprint density at radius 1 is 1.20 bits per heavy atom. The number of carbonyl (C=O) groups excluding carboxylic acids is 1. The third-order valence-corrected chi connectivity index (χ3v) is 4.77. The lowest BCUT2D eigenvalue weighted by atomic mass is 10.1. The number of amides is 1. The second-order valence-electron chi connectivity index (χ2n) is 6.03. The number of non-ortho nitro benzene ring substituents is 1. The maximum Gasteiger partial charge on any atom is 0.300 e. The van der Waals surface area contributed by atoms with Crippen molar-refractivity contribution in [3.05, 3.63) is 37.9 Å². The van der Waals surface area contributed by atoms with Gasteiger partial charge in [0.05, 0.1) is 40.9 Å². The number of anilines is 1. The summed E-state index contributed by atoms with van der Waals surface area (Å²) in [6, 6.07) is 1.65. The summed E-state index contributed by atoms with van der Waals surface area (Å²) in [5.41, 5.74) is -1.88. The quantitative estimate of drug-likeness (QED) is 0.182. The summed E-state index contributed by atoms with van der Waals surface area (Å²) >= 11 is 3.19. The van der Waals surface area contributed by atoms with Crippen molar-refractivity contribution >= 4 is 49.0 Å². The molecule has 0 aliphatic carbocycles. The van der Waals surface area contributed by atoms with Crippen molar-refractivity contribution in [2.24, 2.45) is 0 Å². The van der Waals surface area contributed by atoms with Crippen molar-refractivity contribution in [3.8, 4) is 0 Å². The predicted molar refractivity (Wildman–Crippen MR) is 111 cm³/mol. The second kappa shape index (κ2) is 11.1. The molecule has 0 saturated heterocycles. The molecule has 0 heterocycles. The highest BCUT2D eigenvalue weighted by atomic mass is 79.9. The molecule has 1 aromatic carbocycles. The van der Waals surface area contributed by atoms with Crippen LogP contribution in [0.25, 0.3) is 0 Å². The number of aliphatic hydroxyl groups excluding tert-OH is 1. The van der Waals surface area contributed by atoms with Gasteiger partial charge in [0.15, 0.2) is 0 Å². The summed E-state index contributed by atoms with van der Waals surface area (Å²) in [6.45, 7) is -0.899. The van der Waals surface area contributed by atoms with Crippen LogP contribution in [0.4, 0.5) is 17.1 Å². The van der Waals surface area contributed by atoms with E-state index in [4.69, 9.17) is 5.11 Å². The molecular weight excluding hydrogens is 492 g/mol. The molecule has 0 aliphatic rings. The van der Waals surface area contributed by atoms with E-state index in [1.807, 2.05) is 0 Å². The van der Waals surface area contributed by atoms with Gasteiger partial charge in [-0.2, -0.15) is 8.42 Å². The highest BCUT2D eigenvalue weighted by molar-refractivity contribution is 9.09. The van der Waals surface area contributed by atoms with Crippen molar-refractivity contribution in [3.63, 3.8) is 0 Å². The van der Waals surface area contributed by atoms with E-state index >= 15 is 0 Å². The summed E-state index contributed by atoms with van der Waals surface area (Å²) < 4.78 is 27.1. The summed E-state index contributed by atoms with van der Waals surface area (Å²) in [4.78, 5) is 36.4. The number of carbonyl (C=O) groups is 1. The Morgan fingerprint density at radius 2 is 1.83 bits per heavy atom. The van der Waals surface area contributed by atoms with E-state index in [0.29, 0.717) is 5.33 Å². The van der Waals surface area contributed by atoms with Crippen LogP contribution in [-0.4, -0.2) is 85.7 Å². The Labute approximate surface area is 180 Å². The summed E-state index contributed by atoms with van der Waals surface area (Å²) in [6.07, 6.45) is 0.842. The summed E-state index contributed by atoms with van der Waals surface area (Å²) in [7, 11) is -2.45. The van der Waals surface area contributed by atoms with Crippen LogP contribution in [0.5, 0.6) is 0 Å². The highest BCUT2D eigenvalue weighted by Crippen LogP contribution is 2.37. The van der Waals surface area contributed by atoms with Gasteiger partial charge in [-0.3, -0.25) is 29.2 Å². The van der Waals surface area contributed by atoms with Crippen LogP contribution in [-0.2, 0) is 14.3 Å². The molecule has 13 nitrogen and oxygen atoms in total. The van der Waals surface area contributed by atoms with Crippen molar-refractivity contribution in [2.45, 2.75) is 0 Å². The first-order valence-electron chi connectivity index (χ1n) is 8.41. The number of nitro groups is 2. The van der Waals surface area contributed by atoms with E-state index in [1.165, 1.54) is 11.9 Å².